The van der Waals surface area contributed by atoms with E-state index < -0.39 is 22.1 Å². The monoisotopic (exact) mass is 362 g/mol. The number of carboxylic acid groups (broad SMARTS) is 1. The van der Waals surface area contributed by atoms with Crippen molar-refractivity contribution in [1.29, 1.82) is 0 Å². The number of rotatable bonds is 4. The van der Waals surface area contributed by atoms with Gasteiger partial charge in [-0.1, -0.05) is 22.0 Å². The fraction of sp³-hybridized carbons (Fsp3) is 0.417. The summed E-state index contributed by atoms with van der Waals surface area (Å²) in [5.74, 6) is -1.31. The molecule has 2 N–H and O–H groups in total. The average Bonchev–Trinajstić information content (AvgIpc) is 2.38. The molecule has 6 nitrogen and oxygen atoms in total. The minimum absolute atomic E-state index is 0.223. The zero-order valence-electron chi connectivity index (χ0n) is 10.6. The topological polar surface area (TPSA) is 86.7 Å². The van der Waals surface area contributed by atoms with Gasteiger partial charge in [0.15, 0.2) is 0 Å². The fourth-order valence-electron chi connectivity index (χ4n) is 2.11. The van der Waals surface area contributed by atoms with E-state index in [0.29, 0.717) is 18.5 Å². The van der Waals surface area contributed by atoms with Crippen LogP contribution in [-0.2, 0) is 15.0 Å². The van der Waals surface area contributed by atoms with Gasteiger partial charge in [0.25, 0.3) is 0 Å². The largest absolute Gasteiger partial charge is 0.481 e. The normalized spacial score (nSPS) is 17.9. The standard InChI is InChI=1S/C12H15BrN2O4S/c13-10-2-1-3-11(8-10)14-20(18,19)15-6-4-9(5-7-15)12(16)17/h1-3,8-9,14H,4-7H2,(H,16,17). The highest BCUT2D eigenvalue weighted by Gasteiger charge is 2.30. The molecule has 0 amide bonds. The number of carbonyl (C=O) groups is 1. The molecule has 0 atom stereocenters. The third-order valence-corrected chi connectivity index (χ3v) is 5.25. The van der Waals surface area contributed by atoms with Crippen molar-refractivity contribution in [3.05, 3.63) is 28.7 Å². The van der Waals surface area contributed by atoms with Crippen LogP contribution in [0, 0.1) is 5.92 Å². The van der Waals surface area contributed by atoms with Crippen LogP contribution in [0.5, 0.6) is 0 Å². The van der Waals surface area contributed by atoms with E-state index in [2.05, 4.69) is 20.7 Å². The lowest BCUT2D eigenvalue weighted by Crippen LogP contribution is -2.42. The Balaban J connectivity index is 2.03. The first-order valence-corrected chi connectivity index (χ1v) is 8.38. The summed E-state index contributed by atoms with van der Waals surface area (Å²) >= 11 is 3.28. The first-order valence-electron chi connectivity index (χ1n) is 6.15. The highest BCUT2D eigenvalue weighted by molar-refractivity contribution is 9.10. The molecule has 110 valence electrons. The second-order valence-electron chi connectivity index (χ2n) is 4.63. The molecule has 0 bridgehead atoms. The minimum Gasteiger partial charge on any atom is -0.481 e. The Hall–Kier alpha value is -1.12. The number of aliphatic carboxylic acids is 1. The summed E-state index contributed by atoms with van der Waals surface area (Å²) in [7, 11) is -3.63. The van der Waals surface area contributed by atoms with Gasteiger partial charge in [-0.25, -0.2) is 0 Å². The first kappa shape index (κ1) is 15.3. The van der Waals surface area contributed by atoms with Gasteiger partial charge >= 0.3 is 16.2 Å². The second kappa shape index (κ2) is 6.11. The Morgan fingerprint density at radius 2 is 2.00 bits per heavy atom. The summed E-state index contributed by atoms with van der Waals surface area (Å²) in [5.41, 5.74) is 0.472. The van der Waals surface area contributed by atoms with Crippen LogP contribution < -0.4 is 4.72 Å². The maximum atomic E-state index is 12.2. The SMILES string of the molecule is O=C(O)C1CCN(S(=O)(=O)Nc2cccc(Br)c2)CC1. The first-order chi connectivity index (χ1) is 9.38. The lowest BCUT2D eigenvalue weighted by atomic mass is 9.99. The molecule has 1 heterocycles. The van der Waals surface area contributed by atoms with Gasteiger partial charge in [0, 0.05) is 17.6 Å². The van der Waals surface area contributed by atoms with E-state index >= 15 is 0 Å². The van der Waals surface area contributed by atoms with Crippen molar-refractivity contribution in [2.45, 2.75) is 12.8 Å². The van der Waals surface area contributed by atoms with Gasteiger partial charge in [-0.2, -0.15) is 12.7 Å². The number of nitrogens with one attached hydrogen (secondary N) is 1. The van der Waals surface area contributed by atoms with Crippen molar-refractivity contribution in [3.8, 4) is 0 Å². The van der Waals surface area contributed by atoms with E-state index in [1.54, 1.807) is 24.3 Å². The average molecular weight is 363 g/mol. The molecule has 2 rings (SSSR count). The van der Waals surface area contributed by atoms with Gasteiger partial charge in [0.2, 0.25) is 0 Å². The van der Waals surface area contributed by atoms with E-state index in [4.69, 9.17) is 5.11 Å². The highest BCUT2D eigenvalue weighted by atomic mass is 79.9. The maximum absolute atomic E-state index is 12.2. The van der Waals surface area contributed by atoms with Gasteiger partial charge < -0.3 is 5.11 Å². The van der Waals surface area contributed by atoms with Crippen LogP contribution in [0.1, 0.15) is 12.8 Å². The Morgan fingerprint density at radius 1 is 1.35 bits per heavy atom. The zero-order chi connectivity index (χ0) is 14.8. The van der Waals surface area contributed by atoms with Crippen LogP contribution in [0.3, 0.4) is 0 Å². The van der Waals surface area contributed by atoms with Crippen molar-refractivity contribution in [1.82, 2.24) is 4.31 Å². The third-order valence-electron chi connectivity index (χ3n) is 3.21. The number of anilines is 1. The summed E-state index contributed by atoms with van der Waals surface area (Å²) in [5, 5.41) is 8.90. The molecule has 1 aliphatic rings. The Bertz CT molecular complexity index is 597. The van der Waals surface area contributed by atoms with E-state index in [1.165, 1.54) is 4.31 Å². The van der Waals surface area contributed by atoms with Crippen molar-refractivity contribution in [2.75, 3.05) is 17.8 Å². The molecule has 1 aromatic carbocycles. The number of piperidine rings is 1. The molecule has 0 aromatic heterocycles. The van der Waals surface area contributed by atoms with Gasteiger partial charge in [-0.15, -0.1) is 0 Å². The van der Waals surface area contributed by atoms with Gasteiger partial charge in [0.1, 0.15) is 0 Å². The van der Waals surface area contributed by atoms with E-state index in [-0.39, 0.29) is 13.1 Å². The quantitative estimate of drug-likeness (QED) is 0.856. The van der Waals surface area contributed by atoms with Crippen LogP contribution in [0.2, 0.25) is 0 Å². The van der Waals surface area contributed by atoms with Crippen LogP contribution in [0.25, 0.3) is 0 Å². The van der Waals surface area contributed by atoms with E-state index in [9.17, 15) is 13.2 Å². The Morgan fingerprint density at radius 3 is 2.55 bits per heavy atom. The number of nitrogens with zero attached hydrogens (tertiary/aromatic N) is 1. The Kier molecular flexibility index (Phi) is 4.66. The molecular weight excluding hydrogens is 348 g/mol. The highest BCUT2D eigenvalue weighted by Crippen LogP contribution is 2.22. The predicted octanol–water partition coefficient (Wildman–Crippen LogP) is 1.90. The van der Waals surface area contributed by atoms with Crippen LogP contribution in [0.15, 0.2) is 28.7 Å². The lowest BCUT2D eigenvalue weighted by Gasteiger charge is -2.29. The summed E-state index contributed by atoms with van der Waals surface area (Å²) in [6.07, 6.45) is 0.684. The van der Waals surface area contributed by atoms with Gasteiger partial charge in [-0.3, -0.25) is 9.52 Å². The second-order valence-corrected chi connectivity index (χ2v) is 7.22. The Labute approximate surface area is 126 Å². The smallest absolute Gasteiger partial charge is 0.306 e. The summed E-state index contributed by atoms with van der Waals surface area (Å²) in [4.78, 5) is 10.9. The van der Waals surface area contributed by atoms with Crippen molar-refractivity contribution in [2.24, 2.45) is 5.92 Å². The van der Waals surface area contributed by atoms with Crippen LogP contribution in [0.4, 0.5) is 5.69 Å². The molecule has 0 aliphatic carbocycles. The number of benzene rings is 1. The van der Waals surface area contributed by atoms with Crippen molar-refractivity contribution >= 4 is 37.8 Å². The summed E-state index contributed by atoms with van der Waals surface area (Å²) in [6, 6.07) is 6.86. The number of carboxylic acids is 1. The van der Waals surface area contributed by atoms with Gasteiger partial charge in [0.05, 0.1) is 11.6 Å². The third kappa shape index (κ3) is 3.71. The van der Waals surface area contributed by atoms with E-state index in [0.717, 1.165) is 4.47 Å². The molecule has 0 saturated carbocycles. The maximum Gasteiger partial charge on any atom is 0.306 e. The molecule has 0 radical (unpaired) electrons. The predicted molar refractivity (Wildman–Crippen MR) is 78.6 cm³/mol. The number of hydrogen-bond acceptors (Lipinski definition) is 3. The molecule has 1 aromatic rings. The zero-order valence-corrected chi connectivity index (χ0v) is 13.0. The van der Waals surface area contributed by atoms with Crippen LogP contribution >= 0.6 is 15.9 Å². The summed E-state index contributed by atoms with van der Waals surface area (Å²) < 4.78 is 28.9. The molecule has 1 fully saturated rings. The number of halogens is 1. The minimum atomic E-state index is -3.63. The number of hydrogen-bond donors (Lipinski definition) is 2. The van der Waals surface area contributed by atoms with Crippen LogP contribution in [-0.4, -0.2) is 36.9 Å². The molecule has 0 unspecified atom stereocenters. The lowest BCUT2D eigenvalue weighted by molar-refractivity contribution is -0.142. The fourth-order valence-corrected chi connectivity index (χ4v) is 3.75. The molecular formula is C12H15BrN2O4S. The molecule has 0 spiro atoms. The van der Waals surface area contributed by atoms with E-state index in [1.807, 2.05) is 0 Å². The van der Waals surface area contributed by atoms with Crippen molar-refractivity contribution in [3.63, 3.8) is 0 Å². The molecule has 1 saturated heterocycles. The molecule has 20 heavy (non-hydrogen) atoms. The van der Waals surface area contributed by atoms with Gasteiger partial charge in [-0.05, 0) is 31.0 Å². The molecule has 8 heteroatoms. The summed E-state index contributed by atoms with van der Waals surface area (Å²) in [6.45, 7) is 0.445. The van der Waals surface area contributed by atoms with Crippen molar-refractivity contribution < 1.29 is 18.3 Å². The molecule has 1 aliphatic heterocycles.